The van der Waals surface area contributed by atoms with Crippen LogP contribution in [-0.2, 0) is 19.1 Å². The van der Waals surface area contributed by atoms with E-state index in [4.69, 9.17) is 9.47 Å². The zero-order valence-corrected chi connectivity index (χ0v) is 16.9. The van der Waals surface area contributed by atoms with Crippen molar-refractivity contribution >= 4 is 17.6 Å². The van der Waals surface area contributed by atoms with Gasteiger partial charge in [-0.15, -0.1) is 0 Å². The third kappa shape index (κ3) is 4.57. The molecule has 0 saturated carbocycles. The Hall–Kier alpha value is -3.34. The van der Waals surface area contributed by atoms with Crippen LogP contribution in [0, 0.1) is 6.92 Å². The maximum atomic E-state index is 12.8. The Bertz CT molecular complexity index is 929. The summed E-state index contributed by atoms with van der Waals surface area (Å²) in [5.74, 6) is -0.925. The first-order valence-electron chi connectivity index (χ1n) is 9.72. The van der Waals surface area contributed by atoms with Crippen LogP contribution in [0.15, 0.2) is 78.0 Å². The SMILES string of the molecule is CCOC(=O)C1=CN(c2ccc(C)cc2)C(c2ccccc2)C(C(=O)OCC)=C1. The molecule has 0 N–H and O–H groups in total. The van der Waals surface area contributed by atoms with Gasteiger partial charge in [-0.2, -0.15) is 0 Å². The minimum absolute atomic E-state index is 0.251. The normalized spacial score (nSPS) is 16.0. The predicted molar refractivity (Wildman–Crippen MR) is 112 cm³/mol. The number of hydrogen-bond acceptors (Lipinski definition) is 5. The van der Waals surface area contributed by atoms with E-state index in [1.807, 2.05) is 66.4 Å². The predicted octanol–water partition coefficient (Wildman–Crippen LogP) is 4.49. The Kier molecular flexibility index (Phi) is 6.50. The van der Waals surface area contributed by atoms with E-state index in [-0.39, 0.29) is 13.2 Å². The monoisotopic (exact) mass is 391 g/mol. The molecule has 1 aliphatic rings. The molecule has 0 aliphatic carbocycles. The molecular formula is C24H25NO4. The van der Waals surface area contributed by atoms with Crippen LogP contribution in [0.25, 0.3) is 0 Å². The molecule has 1 atom stereocenters. The zero-order chi connectivity index (χ0) is 20.8. The van der Waals surface area contributed by atoms with Crippen LogP contribution in [0.3, 0.4) is 0 Å². The minimum atomic E-state index is -0.474. The number of benzene rings is 2. The van der Waals surface area contributed by atoms with E-state index < -0.39 is 18.0 Å². The highest BCUT2D eigenvalue weighted by molar-refractivity contribution is 5.99. The molecule has 150 valence electrons. The van der Waals surface area contributed by atoms with Crippen LogP contribution in [0.5, 0.6) is 0 Å². The van der Waals surface area contributed by atoms with Crippen molar-refractivity contribution in [2.45, 2.75) is 26.8 Å². The highest BCUT2D eigenvalue weighted by Crippen LogP contribution is 2.38. The molecule has 0 fully saturated rings. The summed E-state index contributed by atoms with van der Waals surface area (Å²) in [5.41, 5.74) is 3.61. The third-order valence-corrected chi connectivity index (χ3v) is 4.63. The average molecular weight is 391 g/mol. The molecule has 0 aromatic heterocycles. The highest BCUT2D eigenvalue weighted by Gasteiger charge is 2.34. The lowest BCUT2D eigenvalue weighted by Crippen LogP contribution is -2.33. The highest BCUT2D eigenvalue weighted by atomic mass is 16.5. The van der Waals surface area contributed by atoms with Crippen molar-refractivity contribution in [2.24, 2.45) is 0 Å². The first-order valence-corrected chi connectivity index (χ1v) is 9.72. The third-order valence-electron chi connectivity index (χ3n) is 4.63. The quantitative estimate of drug-likeness (QED) is 0.679. The topological polar surface area (TPSA) is 55.8 Å². The van der Waals surface area contributed by atoms with Gasteiger partial charge in [0, 0.05) is 11.9 Å². The summed E-state index contributed by atoms with van der Waals surface area (Å²) in [6.07, 6.45) is 3.32. The summed E-state index contributed by atoms with van der Waals surface area (Å²) in [6, 6.07) is 17.2. The molecule has 1 heterocycles. The fourth-order valence-electron chi connectivity index (χ4n) is 3.28. The summed E-state index contributed by atoms with van der Waals surface area (Å²) in [4.78, 5) is 27.3. The molecule has 2 aromatic carbocycles. The lowest BCUT2D eigenvalue weighted by atomic mass is 9.92. The van der Waals surface area contributed by atoms with Crippen LogP contribution in [-0.4, -0.2) is 25.2 Å². The molecule has 5 nitrogen and oxygen atoms in total. The molecule has 5 heteroatoms. The molecule has 0 radical (unpaired) electrons. The summed E-state index contributed by atoms with van der Waals surface area (Å²) in [6.45, 7) is 6.03. The minimum Gasteiger partial charge on any atom is -0.463 e. The van der Waals surface area contributed by atoms with Crippen molar-refractivity contribution < 1.29 is 19.1 Å². The molecule has 3 rings (SSSR count). The van der Waals surface area contributed by atoms with Crippen LogP contribution < -0.4 is 4.90 Å². The van der Waals surface area contributed by atoms with E-state index in [0.717, 1.165) is 16.8 Å². The van der Waals surface area contributed by atoms with E-state index in [2.05, 4.69) is 0 Å². The Morgan fingerprint density at radius 2 is 1.52 bits per heavy atom. The van der Waals surface area contributed by atoms with Crippen molar-refractivity contribution in [3.8, 4) is 0 Å². The van der Waals surface area contributed by atoms with E-state index in [0.29, 0.717) is 11.1 Å². The summed E-state index contributed by atoms with van der Waals surface area (Å²) < 4.78 is 10.5. The maximum Gasteiger partial charge on any atom is 0.339 e. The fraction of sp³-hybridized carbons (Fsp3) is 0.250. The van der Waals surface area contributed by atoms with Crippen molar-refractivity contribution in [1.29, 1.82) is 0 Å². The van der Waals surface area contributed by atoms with Crippen LogP contribution in [0.2, 0.25) is 0 Å². The number of aryl methyl sites for hydroxylation is 1. The number of ether oxygens (including phenoxy) is 2. The number of carbonyl (C=O) groups is 2. The number of rotatable bonds is 6. The molecule has 29 heavy (non-hydrogen) atoms. The average Bonchev–Trinajstić information content (AvgIpc) is 2.74. The number of esters is 2. The Morgan fingerprint density at radius 3 is 2.14 bits per heavy atom. The van der Waals surface area contributed by atoms with Crippen LogP contribution in [0.1, 0.15) is 31.0 Å². The Balaban J connectivity index is 2.16. The van der Waals surface area contributed by atoms with Gasteiger partial charge in [-0.25, -0.2) is 9.59 Å². The first kappa shape index (κ1) is 20.4. The maximum absolute atomic E-state index is 12.8. The van der Waals surface area contributed by atoms with E-state index >= 15 is 0 Å². The van der Waals surface area contributed by atoms with Crippen LogP contribution in [0.4, 0.5) is 5.69 Å². The summed E-state index contributed by atoms with van der Waals surface area (Å²) >= 11 is 0. The van der Waals surface area contributed by atoms with Gasteiger partial charge in [0.25, 0.3) is 0 Å². The second-order valence-corrected chi connectivity index (χ2v) is 6.68. The fourth-order valence-corrected chi connectivity index (χ4v) is 3.28. The van der Waals surface area contributed by atoms with Crippen molar-refractivity contribution in [3.05, 3.63) is 89.1 Å². The first-order chi connectivity index (χ1) is 14.0. The van der Waals surface area contributed by atoms with Crippen molar-refractivity contribution in [1.82, 2.24) is 0 Å². The standard InChI is InChI=1S/C24H25NO4/c1-4-28-23(26)19-15-21(24(27)29-5-2)22(18-9-7-6-8-10-18)25(16-19)20-13-11-17(3)12-14-20/h6-16,22H,4-5H2,1-3H3. The van der Waals surface area contributed by atoms with E-state index in [1.165, 1.54) is 0 Å². The van der Waals surface area contributed by atoms with E-state index in [9.17, 15) is 9.59 Å². The Morgan fingerprint density at radius 1 is 0.897 bits per heavy atom. The second-order valence-electron chi connectivity index (χ2n) is 6.68. The van der Waals surface area contributed by atoms with Gasteiger partial charge in [-0.05, 0) is 44.5 Å². The molecule has 0 spiro atoms. The lowest BCUT2D eigenvalue weighted by molar-refractivity contribution is -0.138. The van der Waals surface area contributed by atoms with Gasteiger partial charge in [-0.1, -0.05) is 48.0 Å². The van der Waals surface area contributed by atoms with Gasteiger partial charge < -0.3 is 14.4 Å². The largest absolute Gasteiger partial charge is 0.463 e. The Labute approximate surface area is 171 Å². The van der Waals surface area contributed by atoms with Crippen LogP contribution >= 0.6 is 0 Å². The van der Waals surface area contributed by atoms with Crippen molar-refractivity contribution in [3.63, 3.8) is 0 Å². The smallest absolute Gasteiger partial charge is 0.339 e. The number of hydrogen-bond donors (Lipinski definition) is 0. The molecule has 1 unspecified atom stereocenters. The zero-order valence-electron chi connectivity index (χ0n) is 16.9. The molecule has 0 saturated heterocycles. The van der Waals surface area contributed by atoms with Gasteiger partial charge in [0.2, 0.25) is 0 Å². The van der Waals surface area contributed by atoms with Gasteiger partial charge in [0.05, 0.1) is 30.4 Å². The number of anilines is 1. The van der Waals surface area contributed by atoms with Gasteiger partial charge in [0.1, 0.15) is 0 Å². The van der Waals surface area contributed by atoms with Gasteiger partial charge in [0.15, 0.2) is 0 Å². The number of carbonyl (C=O) groups excluding carboxylic acids is 2. The van der Waals surface area contributed by atoms with E-state index in [1.54, 1.807) is 26.1 Å². The molecule has 1 aliphatic heterocycles. The lowest BCUT2D eigenvalue weighted by Gasteiger charge is -2.35. The second kappa shape index (κ2) is 9.24. The summed E-state index contributed by atoms with van der Waals surface area (Å²) in [5, 5.41) is 0. The molecule has 0 amide bonds. The van der Waals surface area contributed by atoms with Gasteiger partial charge in [-0.3, -0.25) is 0 Å². The van der Waals surface area contributed by atoms with Crippen molar-refractivity contribution in [2.75, 3.05) is 18.1 Å². The summed E-state index contributed by atoms with van der Waals surface area (Å²) in [7, 11) is 0. The number of nitrogens with zero attached hydrogens (tertiary/aromatic N) is 1. The molecule has 0 bridgehead atoms. The molecular weight excluding hydrogens is 366 g/mol. The van der Waals surface area contributed by atoms with Gasteiger partial charge >= 0.3 is 11.9 Å². The molecule has 2 aromatic rings.